The smallest absolute Gasteiger partial charge is 0.420 e. The molecule has 31 heavy (non-hydrogen) atoms. The van der Waals surface area contributed by atoms with Crippen molar-refractivity contribution in [2.24, 2.45) is 5.73 Å². The van der Waals surface area contributed by atoms with E-state index in [0.29, 0.717) is 18.7 Å². The molecular formula is C21H26F3N5O2. The zero-order valence-corrected chi connectivity index (χ0v) is 17.2. The van der Waals surface area contributed by atoms with Crippen molar-refractivity contribution in [2.45, 2.75) is 50.7 Å². The number of nitrogens with zero attached hydrogens (tertiary/aromatic N) is 4. The number of hydrogen-bond acceptors (Lipinski definition) is 7. The van der Waals surface area contributed by atoms with Crippen LogP contribution in [0.15, 0.2) is 22.7 Å². The number of pyridine rings is 1. The average Bonchev–Trinajstić information content (AvgIpc) is 3.22. The fourth-order valence-electron chi connectivity index (χ4n) is 4.01. The number of oxazole rings is 1. The first-order chi connectivity index (χ1) is 14.8. The van der Waals surface area contributed by atoms with Gasteiger partial charge < -0.3 is 20.0 Å². The predicted octanol–water partition coefficient (Wildman–Crippen LogP) is 3.43. The first kappa shape index (κ1) is 21.6. The molecule has 10 heteroatoms. The lowest BCUT2D eigenvalue weighted by Gasteiger charge is -2.31. The molecule has 0 amide bonds. The second-order valence-electron chi connectivity index (χ2n) is 8.17. The predicted molar refractivity (Wildman–Crippen MR) is 109 cm³/mol. The van der Waals surface area contributed by atoms with Gasteiger partial charge in [-0.2, -0.15) is 18.2 Å². The average molecular weight is 437 g/mol. The summed E-state index contributed by atoms with van der Waals surface area (Å²) in [6, 6.07) is 3.56. The Balaban J connectivity index is 1.49. The number of ketones is 1. The number of hydrogen-bond donors (Lipinski definition) is 1. The Bertz CT molecular complexity index is 899. The van der Waals surface area contributed by atoms with Crippen molar-refractivity contribution in [3.8, 4) is 0 Å². The molecule has 168 valence electrons. The van der Waals surface area contributed by atoms with Crippen molar-refractivity contribution in [3.63, 3.8) is 0 Å². The van der Waals surface area contributed by atoms with Gasteiger partial charge in [-0.05, 0) is 43.7 Å². The standard InChI is InChI=1S/C21H26F3N5O2/c22-21(23,24)19-18(31-20(27-19)29-8-2-1-3-9-29)16(30)12-14-4-5-17(26-13-14)28-10-6-15(25)7-11-28/h4-5,13,15H,1-3,6-12,25H2. The van der Waals surface area contributed by atoms with E-state index in [1.165, 1.54) is 6.20 Å². The van der Waals surface area contributed by atoms with Gasteiger partial charge >= 0.3 is 6.18 Å². The SMILES string of the molecule is NC1CCN(c2ccc(CC(=O)c3oc(N4CCCCC4)nc3C(F)(F)F)cn2)CC1. The summed E-state index contributed by atoms with van der Waals surface area (Å²) in [6.07, 6.45) is 1.01. The van der Waals surface area contributed by atoms with E-state index < -0.39 is 23.4 Å². The van der Waals surface area contributed by atoms with Gasteiger partial charge in [-0.25, -0.2) is 4.98 Å². The van der Waals surface area contributed by atoms with E-state index in [4.69, 9.17) is 10.2 Å². The van der Waals surface area contributed by atoms with Gasteiger partial charge in [0.1, 0.15) is 5.82 Å². The molecule has 2 aliphatic heterocycles. The molecule has 2 N–H and O–H groups in total. The normalized spacial score (nSPS) is 18.5. The number of anilines is 2. The number of rotatable bonds is 5. The summed E-state index contributed by atoms with van der Waals surface area (Å²) in [7, 11) is 0. The molecular weight excluding hydrogens is 411 g/mol. The Kier molecular flexibility index (Phi) is 6.17. The highest BCUT2D eigenvalue weighted by atomic mass is 19.4. The van der Waals surface area contributed by atoms with E-state index in [2.05, 4.69) is 14.9 Å². The molecule has 0 aliphatic carbocycles. The van der Waals surface area contributed by atoms with Gasteiger partial charge in [0.25, 0.3) is 6.01 Å². The maximum Gasteiger partial charge on any atom is 0.437 e. The quantitative estimate of drug-likeness (QED) is 0.717. The molecule has 0 aromatic carbocycles. The largest absolute Gasteiger partial charge is 0.437 e. The topological polar surface area (TPSA) is 88.5 Å². The van der Waals surface area contributed by atoms with Gasteiger partial charge in [0.15, 0.2) is 5.69 Å². The molecule has 0 saturated carbocycles. The van der Waals surface area contributed by atoms with Crippen LogP contribution in [0.2, 0.25) is 0 Å². The van der Waals surface area contributed by atoms with E-state index in [0.717, 1.165) is 51.0 Å². The van der Waals surface area contributed by atoms with E-state index in [-0.39, 0.29) is 18.5 Å². The summed E-state index contributed by atoms with van der Waals surface area (Å²) in [5.74, 6) is -0.727. The lowest BCUT2D eigenvalue weighted by atomic mass is 10.1. The summed E-state index contributed by atoms with van der Waals surface area (Å²) in [4.78, 5) is 24.5. The summed E-state index contributed by atoms with van der Waals surface area (Å²) in [6.45, 7) is 2.74. The summed E-state index contributed by atoms with van der Waals surface area (Å²) >= 11 is 0. The second-order valence-corrected chi connectivity index (χ2v) is 8.17. The number of carbonyl (C=O) groups is 1. The van der Waals surface area contributed by atoms with Crippen LogP contribution in [0.1, 0.15) is 53.9 Å². The van der Waals surface area contributed by atoms with Crippen LogP contribution in [-0.2, 0) is 12.6 Å². The monoisotopic (exact) mass is 437 g/mol. The molecule has 0 bridgehead atoms. The zero-order chi connectivity index (χ0) is 22.0. The number of halogens is 3. The third kappa shape index (κ3) is 5.00. The van der Waals surface area contributed by atoms with E-state index >= 15 is 0 Å². The molecule has 0 atom stereocenters. The van der Waals surface area contributed by atoms with E-state index in [1.54, 1.807) is 17.0 Å². The van der Waals surface area contributed by atoms with Gasteiger partial charge in [-0.3, -0.25) is 4.79 Å². The molecule has 0 spiro atoms. The molecule has 0 unspecified atom stereocenters. The molecule has 4 rings (SSSR count). The number of alkyl halides is 3. The molecule has 2 aliphatic rings. The van der Waals surface area contributed by atoms with Crippen molar-refractivity contribution in [3.05, 3.63) is 35.3 Å². The van der Waals surface area contributed by atoms with Crippen LogP contribution >= 0.6 is 0 Å². The first-order valence-electron chi connectivity index (χ1n) is 10.6. The van der Waals surface area contributed by atoms with Crippen LogP contribution in [0, 0.1) is 0 Å². The molecule has 2 aromatic heterocycles. The Morgan fingerprint density at radius 1 is 1.10 bits per heavy atom. The number of piperidine rings is 2. The van der Waals surface area contributed by atoms with Gasteiger partial charge in [-0.1, -0.05) is 6.07 Å². The molecule has 2 saturated heterocycles. The lowest BCUT2D eigenvalue weighted by molar-refractivity contribution is -0.141. The molecule has 7 nitrogen and oxygen atoms in total. The first-order valence-corrected chi connectivity index (χ1v) is 10.6. The van der Waals surface area contributed by atoms with Crippen molar-refractivity contribution in [1.82, 2.24) is 9.97 Å². The number of nitrogens with two attached hydrogens (primary N) is 1. The minimum absolute atomic E-state index is 0.132. The highest BCUT2D eigenvalue weighted by molar-refractivity contribution is 5.96. The maximum absolute atomic E-state index is 13.5. The summed E-state index contributed by atoms with van der Waals surface area (Å²) < 4.78 is 45.8. The highest BCUT2D eigenvalue weighted by Gasteiger charge is 2.41. The Labute approximate surface area is 178 Å². The van der Waals surface area contributed by atoms with Crippen LogP contribution in [0.5, 0.6) is 0 Å². The van der Waals surface area contributed by atoms with Crippen LogP contribution in [0.4, 0.5) is 25.0 Å². The van der Waals surface area contributed by atoms with Crippen LogP contribution in [0.25, 0.3) is 0 Å². The summed E-state index contributed by atoms with van der Waals surface area (Å²) in [5.41, 5.74) is 5.18. The fourth-order valence-corrected chi connectivity index (χ4v) is 4.01. The molecule has 4 heterocycles. The van der Waals surface area contributed by atoms with Crippen molar-refractivity contribution < 1.29 is 22.4 Å². The fraction of sp³-hybridized carbons (Fsp3) is 0.571. The third-order valence-electron chi connectivity index (χ3n) is 5.80. The Morgan fingerprint density at radius 2 is 1.81 bits per heavy atom. The van der Waals surface area contributed by atoms with Crippen molar-refractivity contribution in [2.75, 3.05) is 36.0 Å². The van der Waals surface area contributed by atoms with Crippen LogP contribution in [0.3, 0.4) is 0 Å². The van der Waals surface area contributed by atoms with Gasteiger partial charge in [0.05, 0.1) is 0 Å². The number of carbonyl (C=O) groups excluding carboxylic acids is 1. The van der Waals surface area contributed by atoms with Crippen LogP contribution in [-0.4, -0.2) is 48.0 Å². The maximum atomic E-state index is 13.5. The van der Waals surface area contributed by atoms with Gasteiger partial charge in [0, 0.05) is 44.8 Å². The highest BCUT2D eigenvalue weighted by Crippen LogP contribution is 2.35. The van der Waals surface area contributed by atoms with E-state index in [1.807, 2.05) is 0 Å². The van der Waals surface area contributed by atoms with Gasteiger partial charge in [-0.15, -0.1) is 0 Å². The second kappa shape index (κ2) is 8.86. The molecule has 2 fully saturated rings. The van der Waals surface area contributed by atoms with Crippen LogP contribution < -0.4 is 15.5 Å². The Hall–Kier alpha value is -2.62. The zero-order valence-electron chi connectivity index (χ0n) is 17.2. The molecule has 0 radical (unpaired) electrons. The number of Topliss-reactive ketones (excluding diaryl/α,β-unsaturated/α-hetero) is 1. The summed E-state index contributed by atoms with van der Waals surface area (Å²) in [5, 5.41) is 0. The van der Waals surface area contributed by atoms with Crippen molar-refractivity contribution in [1.29, 1.82) is 0 Å². The minimum Gasteiger partial charge on any atom is -0.420 e. The lowest BCUT2D eigenvalue weighted by Crippen LogP contribution is -2.40. The number of aromatic nitrogens is 2. The Morgan fingerprint density at radius 3 is 2.42 bits per heavy atom. The minimum atomic E-state index is -4.76. The van der Waals surface area contributed by atoms with Gasteiger partial charge in [0.2, 0.25) is 11.5 Å². The van der Waals surface area contributed by atoms with E-state index in [9.17, 15) is 18.0 Å². The van der Waals surface area contributed by atoms with Crippen molar-refractivity contribution >= 4 is 17.6 Å². The third-order valence-corrected chi connectivity index (χ3v) is 5.80. The molecule has 2 aromatic rings.